The summed E-state index contributed by atoms with van der Waals surface area (Å²) in [6.07, 6.45) is 1.12. The Morgan fingerprint density at radius 3 is 2.68 bits per heavy atom. The number of hydrogen-bond donors (Lipinski definition) is 2. The number of amides is 1. The Bertz CT molecular complexity index is 1310. The number of nitrogen functional groups attached to an aromatic ring is 1. The standard InChI is InChI=1S/C23H20ClN7O2S/c24-16-10-8-15(9-11-16)22-28-29-23(33-22)34-14-20(32)27-12-4-7-19-18(13-25)21(26)31(30-19)17-5-2-1-3-6-17/h1-3,5-6,8-11H,4,7,12,14,26H2,(H,27,32). The Labute approximate surface area is 204 Å². The maximum Gasteiger partial charge on any atom is 0.277 e. The van der Waals surface area contributed by atoms with Gasteiger partial charge in [-0.25, -0.2) is 4.68 Å². The van der Waals surface area contributed by atoms with Gasteiger partial charge in [0.2, 0.25) is 11.8 Å². The maximum atomic E-state index is 12.2. The predicted octanol–water partition coefficient (Wildman–Crippen LogP) is 3.87. The van der Waals surface area contributed by atoms with E-state index < -0.39 is 0 Å². The van der Waals surface area contributed by atoms with E-state index in [1.165, 1.54) is 0 Å². The topological polar surface area (TPSA) is 136 Å². The Morgan fingerprint density at radius 1 is 1.18 bits per heavy atom. The molecule has 2 heterocycles. The molecular formula is C23H20ClN7O2S. The number of thioether (sulfide) groups is 1. The van der Waals surface area contributed by atoms with Gasteiger partial charge in [-0.05, 0) is 49.2 Å². The quantitative estimate of drug-likeness (QED) is 0.265. The largest absolute Gasteiger partial charge is 0.411 e. The van der Waals surface area contributed by atoms with Crippen LogP contribution in [0.4, 0.5) is 5.82 Å². The van der Waals surface area contributed by atoms with Crippen LogP contribution in [0.2, 0.25) is 5.02 Å². The minimum Gasteiger partial charge on any atom is -0.411 e. The van der Waals surface area contributed by atoms with E-state index in [4.69, 9.17) is 21.8 Å². The first-order chi connectivity index (χ1) is 16.5. The van der Waals surface area contributed by atoms with Crippen LogP contribution in [0.25, 0.3) is 17.1 Å². The summed E-state index contributed by atoms with van der Waals surface area (Å²) in [5.41, 5.74) is 8.62. The fourth-order valence-corrected chi connectivity index (χ4v) is 3.90. The fraction of sp³-hybridized carbons (Fsp3) is 0.174. The molecule has 0 radical (unpaired) electrons. The number of hydrogen-bond acceptors (Lipinski definition) is 8. The summed E-state index contributed by atoms with van der Waals surface area (Å²) in [7, 11) is 0. The Kier molecular flexibility index (Phi) is 7.47. The number of nitriles is 1. The Balaban J connectivity index is 1.24. The molecule has 0 aliphatic carbocycles. The van der Waals surface area contributed by atoms with Gasteiger partial charge in [-0.1, -0.05) is 41.6 Å². The lowest BCUT2D eigenvalue weighted by Gasteiger charge is -2.03. The van der Waals surface area contributed by atoms with Crippen LogP contribution in [-0.4, -0.2) is 38.2 Å². The third kappa shape index (κ3) is 5.57. The molecule has 3 N–H and O–H groups in total. The van der Waals surface area contributed by atoms with Gasteiger partial charge in [-0.15, -0.1) is 10.2 Å². The molecule has 0 aliphatic rings. The van der Waals surface area contributed by atoms with Crippen LogP contribution < -0.4 is 11.1 Å². The molecule has 11 heteroatoms. The average Bonchev–Trinajstić information content (AvgIpc) is 3.46. The molecule has 4 aromatic rings. The lowest BCUT2D eigenvalue weighted by atomic mass is 10.1. The van der Waals surface area contributed by atoms with Crippen molar-refractivity contribution in [1.82, 2.24) is 25.3 Å². The summed E-state index contributed by atoms with van der Waals surface area (Å²) in [6, 6.07) is 18.6. The highest BCUT2D eigenvalue weighted by Gasteiger charge is 2.16. The van der Waals surface area contributed by atoms with E-state index >= 15 is 0 Å². The van der Waals surface area contributed by atoms with Crippen molar-refractivity contribution >= 4 is 35.1 Å². The number of anilines is 1. The molecule has 4 rings (SSSR count). The van der Waals surface area contributed by atoms with E-state index in [-0.39, 0.29) is 11.7 Å². The smallest absolute Gasteiger partial charge is 0.277 e. The van der Waals surface area contributed by atoms with Gasteiger partial charge in [0.05, 0.1) is 17.1 Å². The highest BCUT2D eigenvalue weighted by molar-refractivity contribution is 7.99. The lowest BCUT2D eigenvalue weighted by molar-refractivity contribution is -0.118. The van der Waals surface area contributed by atoms with E-state index in [9.17, 15) is 10.1 Å². The van der Waals surface area contributed by atoms with Crippen molar-refractivity contribution in [2.45, 2.75) is 18.1 Å². The summed E-state index contributed by atoms with van der Waals surface area (Å²) in [4.78, 5) is 12.2. The number of aromatic nitrogens is 4. The molecule has 0 bridgehead atoms. The maximum absolute atomic E-state index is 12.2. The zero-order valence-electron chi connectivity index (χ0n) is 17.9. The number of nitrogens with two attached hydrogens (primary N) is 1. The molecule has 0 saturated heterocycles. The van der Waals surface area contributed by atoms with Crippen molar-refractivity contribution in [1.29, 1.82) is 5.26 Å². The van der Waals surface area contributed by atoms with Crippen LogP contribution in [0.3, 0.4) is 0 Å². The summed E-state index contributed by atoms with van der Waals surface area (Å²) >= 11 is 7.04. The number of nitrogens with zero attached hydrogens (tertiary/aromatic N) is 5. The highest BCUT2D eigenvalue weighted by atomic mass is 35.5. The fourth-order valence-electron chi connectivity index (χ4n) is 3.18. The zero-order chi connectivity index (χ0) is 23.9. The summed E-state index contributed by atoms with van der Waals surface area (Å²) in [6.45, 7) is 0.433. The number of aryl methyl sites for hydroxylation is 1. The van der Waals surface area contributed by atoms with Crippen molar-refractivity contribution in [3.05, 3.63) is 70.9 Å². The first kappa shape index (κ1) is 23.4. The van der Waals surface area contributed by atoms with Crippen LogP contribution in [0.5, 0.6) is 0 Å². The van der Waals surface area contributed by atoms with Crippen LogP contribution in [-0.2, 0) is 11.2 Å². The summed E-state index contributed by atoms with van der Waals surface area (Å²) < 4.78 is 7.14. The molecule has 0 saturated carbocycles. The molecule has 0 unspecified atom stereocenters. The first-order valence-corrected chi connectivity index (χ1v) is 11.7. The van der Waals surface area contributed by atoms with Gasteiger partial charge in [-0.2, -0.15) is 10.4 Å². The van der Waals surface area contributed by atoms with Gasteiger partial charge in [-0.3, -0.25) is 4.79 Å². The van der Waals surface area contributed by atoms with Crippen LogP contribution in [0, 0.1) is 11.3 Å². The molecular weight excluding hydrogens is 474 g/mol. The molecule has 0 aliphatic heterocycles. The lowest BCUT2D eigenvalue weighted by Crippen LogP contribution is -2.26. The third-order valence-electron chi connectivity index (χ3n) is 4.84. The molecule has 172 valence electrons. The second kappa shape index (κ2) is 10.9. The molecule has 34 heavy (non-hydrogen) atoms. The number of nitrogens with one attached hydrogen (secondary N) is 1. The SMILES string of the molecule is N#Cc1c(CCCNC(=O)CSc2nnc(-c3ccc(Cl)cc3)o2)nn(-c2ccccc2)c1N. The minimum absolute atomic E-state index is 0.140. The predicted molar refractivity (Wildman–Crippen MR) is 129 cm³/mol. The van der Waals surface area contributed by atoms with Crippen molar-refractivity contribution in [2.75, 3.05) is 18.0 Å². The molecule has 0 spiro atoms. The van der Waals surface area contributed by atoms with E-state index in [2.05, 4.69) is 26.7 Å². The average molecular weight is 494 g/mol. The molecule has 0 atom stereocenters. The van der Waals surface area contributed by atoms with E-state index in [1.54, 1.807) is 28.9 Å². The van der Waals surface area contributed by atoms with Gasteiger partial charge >= 0.3 is 0 Å². The zero-order valence-corrected chi connectivity index (χ0v) is 19.5. The van der Waals surface area contributed by atoms with Crippen molar-refractivity contribution < 1.29 is 9.21 Å². The second-order valence-electron chi connectivity index (χ2n) is 7.19. The monoisotopic (exact) mass is 493 g/mol. The molecule has 9 nitrogen and oxygen atoms in total. The highest BCUT2D eigenvalue weighted by Crippen LogP contribution is 2.24. The van der Waals surface area contributed by atoms with Gasteiger partial charge in [0, 0.05) is 17.1 Å². The first-order valence-electron chi connectivity index (χ1n) is 10.4. The molecule has 2 aromatic heterocycles. The van der Waals surface area contributed by atoms with Crippen LogP contribution in [0.1, 0.15) is 17.7 Å². The number of para-hydroxylation sites is 1. The molecule has 0 fully saturated rings. The van der Waals surface area contributed by atoms with E-state index in [1.807, 2.05) is 30.3 Å². The summed E-state index contributed by atoms with van der Waals surface area (Å²) in [5, 5.41) is 25.7. The number of benzene rings is 2. The number of rotatable bonds is 9. The molecule has 2 aromatic carbocycles. The Hall–Kier alpha value is -3.81. The van der Waals surface area contributed by atoms with E-state index in [0.29, 0.717) is 52.6 Å². The number of carbonyl (C=O) groups excluding carboxylic acids is 1. The number of halogens is 1. The Morgan fingerprint density at radius 2 is 1.94 bits per heavy atom. The normalized spacial score (nSPS) is 10.7. The summed E-state index contributed by atoms with van der Waals surface area (Å²) in [5.74, 6) is 0.649. The van der Waals surface area contributed by atoms with Crippen molar-refractivity contribution in [3.8, 4) is 23.2 Å². The molecule has 1 amide bonds. The number of carbonyl (C=O) groups is 1. The van der Waals surface area contributed by atoms with Crippen LogP contribution in [0.15, 0.2) is 64.2 Å². The van der Waals surface area contributed by atoms with Crippen LogP contribution >= 0.6 is 23.4 Å². The van der Waals surface area contributed by atoms with Crippen molar-refractivity contribution in [3.63, 3.8) is 0 Å². The van der Waals surface area contributed by atoms with Gasteiger partial charge in [0.25, 0.3) is 5.22 Å². The van der Waals surface area contributed by atoms with Gasteiger partial charge in [0.15, 0.2) is 0 Å². The van der Waals surface area contributed by atoms with Gasteiger partial charge in [0.1, 0.15) is 17.5 Å². The van der Waals surface area contributed by atoms with E-state index in [0.717, 1.165) is 23.0 Å². The minimum atomic E-state index is -0.161. The van der Waals surface area contributed by atoms with Crippen molar-refractivity contribution in [2.24, 2.45) is 0 Å². The third-order valence-corrected chi connectivity index (χ3v) is 5.91. The van der Waals surface area contributed by atoms with Gasteiger partial charge < -0.3 is 15.5 Å². The second-order valence-corrected chi connectivity index (χ2v) is 8.55.